The molecule has 1 aromatic heterocycles. The molecule has 1 heterocycles. The van der Waals surface area contributed by atoms with Gasteiger partial charge in [-0.2, -0.15) is 0 Å². The van der Waals surface area contributed by atoms with Gasteiger partial charge in [0.05, 0.1) is 12.6 Å². The van der Waals surface area contributed by atoms with Gasteiger partial charge in [0.1, 0.15) is 5.01 Å². The second kappa shape index (κ2) is 6.60. The molecule has 0 radical (unpaired) electrons. The van der Waals surface area contributed by atoms with Gasteiger partial charge in [0.15, 0.2) is 0 Å². The van der Waals surface area contributed by atoms with Gasteiger partial charge in [0, 0.05) is 11.1 Å². The molecule has 1 amide bonds. The SMILES string of the molecule is CCCC[C@H](N)C(=O)NCc1nc(C)cs1. The summed E-state index contributed by atoms with van der Waals surface area (Å²) in [6.45, 7) is 4.51. The molecule has 5 heteroatoms. The molecule has 0 aliphatic rings. The van der Waals surface area contributed by atoms with E-state index in [1.54, 1.807) is 11.3 Å². The quantitative estimate of drug-likeness (QED) is 0.794. The van der Waals surface area contributed by atoms with Crippen molar-refractivity contribution in [3.8, 4) is 0 Å². The highest BCUT2D eigenvalue weighted by atomic mass is 32.1. The van der Waals surface area contributed by atoms with Gasteiger partial charge in [-0.3, -0.25) is 4.79 Å². The Kier molecular flexibility index (Phi) is 5.42. The Hall–Kier alpha value is -0.940. The number of amides is 1. The number of thiazole rings is 1. The van der Waals surface area contributed by atoms with Crippen LogP contribution in [0.3, 0.4) is 0 Å². The first-order valence-corrected chi connectivity index (χ1v) is 6.45. The summed E-state index contributed by atoms with van der Waals surface area (Å²) in [4.78, 5) is 15.8. The van der Waals surface area contributed by atoms with Crippen molar-refractivity contribution in [1.82, 2.24) is 10.3 Å². The zero-order valence-corrected chi connectivity index (χ0v) is 10.6. The van der Waals surface area contributed by atoms with Crippen molar-refractivity contribution in [3.05, 3.63) is 16.1 Å². The molecule has 1 rings (SSSR count). The molecule has 3 N–H and O–H groups in total. The number of carbonyl (C=O) groups is 1. The Morgan fingerprint density at radius 3 is 3.00 bits per heavy atom. The summed E-state index contributed by atoms with van der Waals surface area (Å²) in [7, 11) is 0. The van der Waals surface area contributed by atoms with Gasteiger partial charge in [0.25, 0.3) is 0 Å². The van der Waals surface area contributed by atoms with Crippen LogP contribution < -0.4 is 11.1 Å². The second-order valence-electron chi connectivity index (χ2n) is 3.85. The standard InChI is InChI=1S/C11H19N3OS/c1-3-4-5-9(12)11(15)13-6-10-14-8(2)7-16-10/h7,9H,3-6,12H2,1-2H3,(H,13,15)/t9-/m0/s1. The first-order valence-electron chi connectivity index (χ1n) is 5.57. The predicted molar refractivity (Wildman–Crippen MR) is 66.2 cm³/mol. The molecule has 0 aliphatic heterocycles. The number of unbranched alkanes of at least 4 members (excludes halogenated alkanes) is 1. The lowest BCUT2D eigenvalue weighted by Crippen LogP contribution is -2.40. The number of aromatic nitrogens is 1. The molecular formula is C11H19N3OS. The molecule has 0 aliphatic carbocycles. The lowest BCUT2D eigenvalue weighted by Gasteiger charge is -2.10. The summed E-state index contributed by atoms with van der Waals surface area (Å²) < 4.78 is 0. The zero-order valence-electron chi connectivity index (χ0n) is 9.82. The summed E-state index contributed by atoms with van der Waals surface area (Å²) in [5.41, 5.74) is 6.73. The van der Waals surface area contributed by atoms with E-state index in [1.807, 2.05) is 12.3 Å². The molecule has 0 bridgehead atoms. The van der Waals surface area contributed by atoms with Crippen molar-refractivity contribution in [1.29, 1.82) is 0 Å². The van der Waals surface area contributed by atoms with Crippen LogP contribution in [0.15, 0.2) is 5.38 Å². The van der Waals surface area contributed by atoms with Crippen molar-refractivity contribution in [3.63, 3.8) is 0 Å². The van der Waals surface area contributed by atoms with Gasteiger partial charge in [-0.1, -0.05) is 19.8 Å². The Balaban J connectivity index is 2.29. The van der Waals surface area contributed by atoms with Crippen LogP contribution in [0.4, 0.5) is 0 Å². The lowest BCUT2D eigenvalue weighted by atomic mass is 10.1. The molecule has 4 nitrogen and oxygen atoms in total. The third-order valence-electron chi connectivity index (χ3n) is 2.29. The molecule has 90 valence electrons. The third-order valence-corrected chi connectivity index (χ3v) is 3.25. The van der Waals surface area contributed by atoms with Crippen molar-refractivity contribution in [2.45, 2.75) is 45.7 Å². The zero-order chi connectivity index (χ0) is 12.0. The van der Waals surface area contributed by atoms with Gasteiger partial charge >= 0.3 is 0 Å². The van der Waals surface area contributed by atoms with Crippen LogP contribution in [-0.4, -0.2) is 16.9 Å². The predicted octanol–water partition coefficient (Wildman–Crippen LogP) is 1.59. The van der Waals surface area contributed by atoms with Crippen LogP contribution in [0.5, 0.6) is 0 Å². The van der Waals surface area contributed by atoms with Crippen LogP contribution in [0.25, 0.3) is 0 Å². The Morgan fingerprint density at radius 2 is 2.44 bits per heavy atom. The maximum atomic E-state index is 11.6. The van der Waals surface area contributed by atoms with Crippen LogP contribution in [0, 0.1) is 6.92 Å². The second-order valence-corrected chi connectivity index (χ2v) is 4.79. The van der Waals surface area contributed by atoms with E-state index < -0.39 is 0 Å². The molecule has 0 fully saturated rings. The minimum absolute atomic E-state index is 0.0821. The Labute approximate surface area is 100 Å². The van der Waals surface area contributed by atoms with Gasteiger partial charge < -0.3 is 11.1 Å². The number of hydrogen-bond acceptors (Lipinski definition) is 4. The van der Waals surface area contributed by atoms with E-state index in [2.05, 4.69) is 17.2 Å². The fourth-order valence-electron chi connectivity index (χ4n) is 1.33. The third kappa shape index (κ3) is 4.28. The maximum Gasteiger partial charge on any atom is 0.237 e. The molecule has 1 aromatic rings. The molecule has 0 aromatic carbocycles. The highest BCUT2D eigenvalue weighted by Gasteiger charge is 2.12. The minimum atomic E-state index is -0.388. The molecule has 0 spiro atoms. The lowest BCUT2D eigenvalue weighted by molar-refractivity contribution is -0.122. The number of carbonyl (C=O) groups excluding carboxylic acids is 1. The number of nitrogens with one attached hydrogen (secondary N) is 1. The first-order chi connectivity index (χ1) is 7.63. The molecule has 16 heavy (non-hydrogen) atoms. The summed E-state index contributed by atoms with van der Waals surface area (Å²) in [6.07, 6.45) is 2.80. The highest BCUT2D eigenvalue weighted by molar-refractivity contribution is 7.09. The topological polar surface area (TPSA) is 68.0 Å². The highest BCUT2D eigenvalue weighted by Crippen LogP contribution is 2.08. The molecule has 0 saturated heterocycles. The van der Waals surface area contributed by atoms with Crippen molar-refractivity contribution in [2.24, 2.45) is 5.73 Å². The summed E-state index contributed by atoms with van der Waals surface area (Å²) in [6, 6.07) is -0.388. The average Bonchev–Trinajstić information content (AvgIpc) is 2.68. The number of nitrogens with zero attached hydrogens (tertiary/aromatic N) is 1. The van der Waals surface area contributed by atoms with E-state index in [9.17, 15) is 4.79 Å². The van der Waals surface area contributed by atoms with Crippen molar-refractivity contribution < 1.29 is 4.79 Å². The summed E-state index contributed by atoms with van der Waals surface area (Å²) in [5, 5.41) is 5.70. The van der Waals surface area contributed by atoms with Gasteiger partial charge in [-0.15, -0.1) is 11.3 Å². The van der Waals surface area contributed by atoms with Crippen LogP contribution in [0.1, 0.15) is 36.9 Å². The summed E-state index contributed by atoms with van der Waals surface area (Å²) >= 11 is 1.55. The van der Waals surface area contributed by atoms with Crippen molar-refractivity contribution in [2.75, 3.05) is 0 Å². The van der Waals surface area contributed by atoms with Crippen LogP contribution in [-0.2, 0) is 11.3 Å². The minimum Gasteiger partial charge on any atom is -0.348 e. The van der Waals surface area contributed by atoms with E-state index in [0.717, 1.165) is 30.0 Å². The summed E-state index contributed by atoms with van der Waals surface area (Å²) in [5.74, 6) is -0.0821. The smallest absolute Gasteiger partial charge is 0.237 e. The molecular weight excluding hydrogens is 222 g/mol. The van der Waals surface area contributed by atoms with E-state index in [1.165, 1.54) is 0 Å². The van der Waals surface area contributed by atoms with Crippen LogP contribution in [0.2, 0.25) is 0 Å². The molecule has 0 saturated carbocycles. The van der Waals surface area contributed by atoms with Gasteiger partial charge in [0.2, 0.25) is 5.91 Å². The number of nitrogens with two attached hydrogens (primary N) is 1. The number of hydrogen-bond donors (Lipinski definition) is 2. The molecule has 0 unspecified atom stereocenters. The Bertz CT molecular complexity index is 338. The fourth-order valence-corrected chi connectivity index (χ4v) is 2.04. The van der Waals surface area contributed by atoms with E-state index in [-0.39, 0.29) is 11.9 Å². The van der Waals surface area contributed by atoms with E-state index in [0.29, 0.717) is 6.54 Å². The van der Waals surface area contributed by atoms with E-state index >= 15 is 0 Å². The largest absolute Gasteiger partial charge is 0.348 e. The normalized spacial score (nSPS) is 12.4. The number of rotatable bonds is 6. The Morgan fingerprint density at radius 1 is 1.69 bits per heavy atom. The monoisotopic (exact) mass is 241 g/mol. The van der Waals surface area contributed by atoms with Gasteiger partial charge in [-0.05, 0) is 13.3 Å². The first kappa shape index (κ1) is 13.1. The average molecular weight is 241 g/mol. The number of aryl methyl sites for hydroxylation is 1. The fraction of sp³-hybridized carbons (Fsp3) is 0.636. The van der Waals surface area contributed by atoms with Crippen LogP contribution >= 0.6 is 11.3 Å². The van der Waals surface area contributed by atoms with Gasteiger partial charge in [-0.25, -0.2) is 4.98 Å². The van der Waals surface area contributed by atoms with Crippen molar-refractivity contribution >= 4 is 17.2 Å². The maximum absolute atomic E-state index is 11.6. The molecule has 1 atom stereocenters. The van der Waals surface area contributed by atoms with E-state index in [4.69, 9.17) is 5.73 Å².